The highest BCUT2D eigenvalue weighted by atomic mass is 35.5. The van der Waals surface area contributed by atoms with E-state index in [1.54, 1.807) is 6.20 Å². The molecule has 3 rings (SSSR count). The molecule has 2 N–H and O–H groups in total. The maximum atomic E-state index is 12.3. The van der Waals surface area contributed by atoms with Gasteiger partial charge in [-0.1, -0.05) is 18.2 Å². The topological polar surface area (TPSA) is 63.2 Å². The summed E-state index contributed by atoms with van der Waals surface area (Å²) in [6.07, 6.45) is 5.70. The van der Waals surface area contributed by atoms with Crippen molar-refractivity contribution in [1.29, 1.82) is 0 Å². The predicted octanol–water partition coefficient (Wildman–Crippen LogP) is 4.46. The molecule has 7 heteroatoms. The fourth-order valence-electron chi connectivity index (χ4n) is 3.42. The van der Waals surface area contributed by atoms with Gasteiger partial charge in [-0.2, -0.15) is 0 Å². The molecule has 1 aliphatic rings. The number of carbonyl (C=O) groups is 1. The summed E-state index contributed by atoms with van der Waals surface area (Å²) >= 11 is 0. The number of benzene rings is 1. The van der Waals surface area contributed by atoms with Crippen LogP contribution in [-0.4, -0.2) is 24.0 Å². The first-order valence-electron chi connectivity index (χ1n) is 9.83. The maximum absolute atomic E-state index is 12.3. The molecule has 1 aliphatic heterocycles. The van der Waals surface area contributed by atoms with Crippen molar-refractivity contribution in [2.45, 2.75) is 45.3 Å². The van der Waals surface area contributed by atoms with E-state index >= 15 is 0 Å². The van der Waals surface area contributed by atoms with Crippen molar-refractivity contribution < 1.29 is 9.53 Å². The van der Waals surface area contributed by atoms with Crippen LogP contribution in [0.2, 0.25) is 0 Å². The molecule has 5 nitrogen and oxygen atoms in total. The Morgan fingerprint density at radius 2 is 2.00 bits per heavy atom. The first-order chi connectivity index (χ1) is 13.2. The van der Waals surface area contributed by atoms with Crippen LogP contribution in [0.4, 0.5) is 0 Å². The normalized spacial score (nSPS) is 14.8. The molecule has 0 aliphatic carbocycles. The number of pyridine rings is 1. The quantitative estimate of drug-likeness (QED) is 0.636. The molecule has 1 atom stereocenters. The zero-order chi connectivity index (χ0) is 18.9. The number of amides is 1. The number of nitrogens with zero attached hydrogens (tertiary/aromatic N) is 1. The number of aromatic nitrogens is 1. The predicted molar refractivity (Wildman–Crippen MR) is 121 cm³/mol. The Morgan fingerprint density at radius 1 is 1.21 bits per heavy atom. The smallest absolute Gasteiger partial charge is 0.220 e. The van der Waals surface area contributed by atoms with E-state index in [9.17, 15) is 4.79 Å². The fraction of sp³-hybridized carbons (Fsp3) is 0.455. The second-order valence-electron chi connectivity index (χ2n) is 7.20. The Balaban J connectivity index is 0.00000210. The van der Waals surface area contributed by atoms with Crippen LogP contribution >= 0.6 is 24.8 Å². The molecule has 1 aromatic heterocycles. The minimum absolute atomic E-state index is 0. The summed E-state index contributed by atoms with van der Waals surface area (Å²) in [4.78, 5) is 16.6. The molecule has 2 heterocycles. The molecule has 1 saturated heterocycles. The van der Waals surface area contributed by atoms with Crippen LogP contribution in [0.3, 0.4) is 0 Å². The van der Waals surface area contributed by atoms with Crippen LogP contribution in [0.15, 0.2) is 48.7 Å². The van der Waals surface area contributed by atoms with Gasteiger partial charge in [0, 0.05) is 12.6 Å². The van der Waals surface area contributed by atoms with Gasteiger partial charge >= 0.3 is 0 Å². The number of carbonyl (C=O) groups excluding carboxylic acids is 1. The number of piperidine rings is 1. The van der Waals surface area contributed by atoms with Gasteiger partial charge in [0.05, 0.1) is 11.7 Å². The summed E-state index contributed by atoms with van der Waals surface area (Å²) in [5, 5.41) is 6.48. The average molecular weight is 440 g/mol. The summed E-state index contributed by atoms with van der Waals surface area (Å²) < 4.78 is 5.83. The van der Waals surface area contributed by atoms with Crippen molar-refractivity contribution in [3.8, 4) is 5.75 Å². The summed E-state index contributed by atoms with van der Waals surface area (Å²) in [5.41, 5.74) is 1.94. The minimum atomic E-state index is -0.0380. The lowest BCUT2D eigenvalue weighted by molar-refractivity contribution is -0.122. The lowest BCUT2D eigenvalue weighted by atomic mass is 9.93. The van der Waals surface area contributed by atoms with E-state index in [4.69, 9.17) is 4.74 Å². The van der Waals surface area contributed by atoms with E-state index in [2.05, 4.69) is 15.6 Å². The van der Waals surface area contributed by atoms with E-state index in [0.717, 1.165) is 36.5 Å². The van der Waals surface area contributed by atoms with E-state index in [1.165, 1.54) is 12.8 Å². The van der Waals surface area contributed by atoms with Crippen LogP contribution in [0, 0.1) is 5.92 Å². The van der Waals surface area contributed by atoms with Crippen molar-refractivity contribution in [3.63, 3.8) is 0 Å². The van der Waals surface area contributed by atoms with Crippen LogP contribution in [0.25, 0.3) is 0 Å². The number of hydrogen-bond acceptors (Lipinski definition) is 4. The molecule has 2 aromatic rings. The van der Waals surface area contributed by atoms with Gasteiger partial charge in [0.1, 0.15) is 12.4 Å². The molecular weight excluding hydrogens is 409 g/mol. The van der Waals surface area contributed by atoms with Crippen LogP contribution in [0.1, 0.15) is 49.9 Å². The molecule has 1 aromatic carbocycles. The van der Waals surface area contributed by atoms with Gasteiger partial charge in [-0.25, -0.2) is 0 Å². The molecular formula is C22H31Cl2N3O2. The Kier molecular flexibility index (Phi) is 11.7. The Bertz CT molecular complexity index is 725. The minimum Gasteiger partial charge on any atom is -0.487 e. The first-order valence-corrected chi connectivity index (χ1v) is 9.83. The van der Waals surface area contributed by atoms with Crippen molar-refractivity contribution in [2.75, 3.05) is 13.1 Å². The van der Waals surface area contributed by atoms with E-state index in [0.29, 0.717) is 18.9 Å². The summed E-state index contributed by atoms with van der Waals surface area (Å²) in [7, 11) is 0. The van der Waals surface area contributed by atoms with Gasteiger partial charge in [0.2, 0.25) is 5.91 Å². The maximum Gasteiger partial charge on any atom is 0.220 e. The molecule has 0 spiro atoms. The number of halogens is 2. The van der Waals surface area contributed by atoms with Gasteiger partial charge in [0.25, 0.3) is 0 Å². The molecule has 1 amide bonds. The monoisotopic (exact) mass is 439 g/mol. The summed E-state index contributed by atoms with van der Waals surface area (Å²) in [5.74, 6) is 1.59. The third-order valence-corrected chi connectivity index (χ3v) is 5.09. The van der Waals surface area contributed by atoms with Gasteiger partial charge in [0.15, 0.2) is 0 Å². The number of hydrogen-bond donors (Lipinski definition) is 2. The molecule has 0 saturated carbocycles. The molecule has 0 radical (unpaired) electrons. The summed E-state index contributed by atoms with van der Waals surface area (Å²) in [6, 6.07) is 13.6. The Morgan fingerprint density at radius 3 is 2.72 bits per heavy atom. The lowest BCUT2D eigenvalue weighted by Crippen LogP contribution is -2.30. The highest BCUT2D eigenvalue weighted by Crippen LogP contribution is 2.21. The molecule has 1 fully saturated rings. The molecule has 0 bridgehead atoms. The molecule has 1 unspecified atom stereocenters. The third kappa shape index (κ3) is 8.60. The van der Waals surface area contributed by atoms with Crippen molar-refractivity contribution in [2.24, 2.45) is 5.92 Å². The number of ether oxygens (including phenoxy) is 1. The Hall–Kier alpha value is -1.82. The largest absolute Gasteiger partial charge is 0.487 e. The van der Waals surface area contributed by atoms with Crippen molar-refractivity contribution >= 4 is 30.7 Å². The second-order valence-corrected chi connectivity index (χ2v) is 7.20. The Labute approximate surface area is 185 Å². The SMILES string of the molecule is CC(NC(=O)CCC1CCNCC1)c1cccc(OCc2ccccn2)c1.Cl.Cl. The van der Waals surface area contributed by atoms with Gasteiger partial charge < -0.3 is 15.4 Å². The van der Waals surface area contributed by atoms with Gasteiger partial charge in [-0.05, 0) is 75.0 Å². The standard InChI is InChI=1S/C22H29N3O2.2ClH/c1-17(25-22(26)9-8-18-10-13-23-14-11-18)19-5-4-7-21(15-19)27-16-20-6-2-3-12-24-20;;/h2-7,12,15,17-18,23H,8-11,13-14,16H2,1H3,(H,25,26);2*1H. The fourth-order valence-corrected chi connectivity index (χ4v) is 3.42. The van der Waals surface area contributed by atoms with E-state index in [-0.39, 0.29) is 36.8 Å². The number of rotatable bonds is 8. The zero-order valence-corrected chi connectivity index (χ0v) is 18.4. The van der Waals surface area contributed by atoms with Crippen molar-refractivity contribution in [3.05, 3.63) is 59.9 Å². The second kappa shape index (κ2) is 13.4. The average Bonchev–Trinajstić information content (AvgIpc) is 2.72. The van der Waals surface area contributed by atoms with Crippen molar-refractivity contribution in [1.82, 2.24) is 15.6 Å². The number of nitrogens with one attached hydrogen (secondary N) is 2. The third-order valence-electron chi connectivity index (χ3n) is 5.09. The van der Waals surface area contributed by atoms with Crippen LogP contribution < -0.4 is 15.4 Å². The van der Waals surface area contributed by atoms with Crippen LogP contribution in [-0.2, 0) is 11.4 Å². The van der Waals surface area contributed by atoms with Gasteiger partial charge in [-0.3, -0.25) is 9.78 Å². The van der Waals surface area contributed by atoms with E-state index < -0.39 is 0 Å². The van der Waals surface area contributed by atoms with Gasteiger partial charge in [-0.15, -0.1) is 24.8 Å². The highest BCUT2D eigenvalue weighted by Gasteiger charge is 2.16. The summed E-state index contributed by atoms with van der Waals surface area (Å²) in [6.45, 7) is 4.60. The molecule has 160 valence electrons. The van der Waals surface area contributed by atoms with E-state index in [1.807, 2.05) is 49.4 Å². The first kappa shape index (κ1) is 25.2. The zero-order valence-electron chi connectivity index (χ0n) is 16.8. The van der Waals surface area contributed by atoms with Crippen LogP contribution in [0.5, 0.6) is 5.75 Å². The highest BCUT2D eigenvalue weighted by molar-refractivity contribution is 5.85. The molecule has 29 heavy (non-hydrogen) atoms. The lowest BCUT2D eigenvalue weighted by Gasteiger charge is -2.22.